The van der Waals surface area contributed by atoms with Crippen molar-refractivity contribution in [2.24, 2.45) is 11.7 Å². The van der Waals surface area contributed by atoms with Gasteiger partial charge in [-0.15, -0.1) is 0 Å². The Morgan fingerprint density at radius 1 is 1.33 bits per heavy atom. The van der Waals surface area contributed by atoms with Gasteiger partial charge in [-0.25, -0.2) is 0 Å². The third kappa shape index (κ3) is 3.43. The molecule has 1 saturated heterocycles. The molecule has 1 aromatic heterocycles. The monoisotopic (exact) mass is 303 g/mol. The summed E-state index contributed by atoms with van der Waals surface area (Å²) in [6.07, 6.45) is 4.72. The average molecular weight is 303 g/mol. The second-order valence-corrected chi connectivity index (χ2v) is 7.26. The molecule has 1 aliphatic rings. The molecule has 21 heavy (non-hydrogen) atoms. The van der Waals surface area contributed by atoms with Gasteiger partial charge in [-0.05, 0) is 49.7 Å². The molecule has 0 spiro atoms. The van der Waals surface area contributed by atoms with Crippen molar-refractivity contribution >= 4 is 22.7 Å². The summed E-state index contributed by atoms with van der Waals surface area (Å²) in [5, 5.41) is 6.05. The van der Waals surface area contributed by atoms with Gasteiger partial charge in [-0.3, -0.25) is 4.68 Å². The lowest BCUT2D eigenvalue weighted by Gasteiger charge is -2.24. The molecule has 2 heterocycles. The fraction of sp³-hybridized carbons (Fsp3) is 0.588. The zero-order chi connectivity index (χ0) is 14.7. The minimum absolute atomic E-state index is 0.238. The summed E-state index contributed by atoms with van der Waals surface area (Å²) in [7, 11) is 0. The predicted octanol–water partition coefficient (Wildman–Crippen LogP) is 3.46. The second kappa shape index (κ2) is 6.84. The smallest absolute Gasteiger partial charge is 0.0718 e. The van der Waals surface area contributed by atoms with E-state index < -0.39 is 0 Å². The van der Waals surface area contributed by atoms with Crippen LogP contribution in [-0.4, -0.2) is 27.3 Å². The van der Waals surface area contributed by atoms with E-state index in [1.165, 1.54) is 40.9 Å². The largest absolute Gasteiger partial charge is 0.327 e. The van der Waals surface area contributed by atoms with E-state index in [1.807, 2.05) is 0 Å². The van der Waals surface area contributed by atoms with Gasteiger partial charge in [0.25, 0.3) is 0 Å². The number of para-hydroxylation sites is 1. The van der Waals surface area contributed by atoms with Crippen molar-refractivity contribution in [3.8, 4) is 0 Å². The van der Waals surface area contributed by atoms with Crippen LogP contribution in [0.3, 0.4) is 0 Å². The summed E-state index contributed by atoms with van der Waals surface area (Å²) >= 11 is 2.08. The van der Waals surface area contributed by atoms with Gasteiger partial charge in [-0.1, -0.05) is 18.2 Å². The molecule has 3 rings (SSSR count). The first kappa shape index (κ1) is 14.9. The van der Waals surface area contributed by atoms with Gasteiger partial charge in [0.15, 0.2) is 0 Å². The van der Waals surface area contributed by atoms with E-state index in [4.69, 9.17) is 10.8 Å². The number of thioether (sulfide) groups is 1. The fourth-order valence-corrected chi connectivity index (χ4v) is 4.53. The number of nitrogens with two attached hydrogens (primary N) is 1. The second-order valence-electron chi connectivity index (χ2n) is 6.04. The maximum Gasteiger partial charge on any atom is 0.0718 e. The fourth-order valence-electron chi connectivity index (χ4n) is 3.33. The van der Waals surface area contributed by atoms with Crippen molar-refractivity contribution in [2.75, 3.05) is 11.5 Å². The van der Waals surface area contributed by atoms with E-state index in [9.17, 15) is 0 Å². The van der Waals surface area contributed by atoms with Crippen LogP contribution in [0.25, 0.3) is 10.9 Å². The van der Waals surface area contributed by atoms with Crippen molar-refractivity contribution in [2.45, 2.75) is 45.2 Å². The van der Waals surface area contributed by atoms with Crippen LogP contribution >= 0.6 is 11.8 Å². The third-order valence-corrected chi connectivity index (χ3v) is 5.52. The van der Waals surface area contributed by atoms with Gasteiger partial charge in [0.2, 0.25) is 0 Å². The van der Waals surface area contributed by atoms with Crippen LogP contribution in [0.4, 0.5) is 0 Å². The molecule has 0 saturated carbocycles. The van der Waals surface area contributed by atoms with Gasteiger partial charge in [0, 0.05) is 24.4 Å². The molecule has 3 nitrogen and oxygen atoms in total. The number of aromatic nitrogens is 2. The molecular weight excluding hydrogens is 278 g/mol. The first-order valence-corrected chi connectivity index (χ1v) is 9.21. The van der Waals surface area contributed by atoms with Crippen LogP contribution in [0.2, 0.25) is 0 Å². The maximum atomic E-state index is 6.42. The molecule has 2 N–H and O–H groups in total. The molecule has 0 amide bonds. The number of hydrogen-bond acceptors (Lipinski definition) is 3. The number of aryl methyl sites for hydroxylation is 1. The number of benzene rings is 1. The van der Waals surface area contributed by atoms with Crippen LogP contribution in [-0.2, 0) is 13.0 Å². The zero-order valence-corrected chi connectivity index (χ0v) is 13.6. The van der Waals surface area contributed by atoms with Crippen molar-refractivity contribution < 1.29 is 0 Å². The molecule has 0 radical (unpaired) electrons. The van der Waals surface area contributed by atoms with Crippen LogP contribution in [0.5, 0.6) is 0 Å². The lowest BCUT2D eigenvalue weighted by Crippen LogP contribution is -2.28. The summed E-state index contributed by atoms with van der Waals surface area (Å²) in [5.41, 5.74) is 8.83. The summed E-state index contributed by atoms with van der Waals surface area (Å²) in [6.45, 7) is 3.05. The summed E-state index contributed by atoms with van der Waals surface area (Å²) < 4.78 is 2.09. The average Bonchev–Trinajstić information content (AvgIpc) is 2.86. The normalized spacial score (nSPS) is 18.2. The Bertz CT molecular complexity index is 587. The van der Waals surface area contributed by atoms with Gasteiger partial charge < -0.3 is 5.73 Å². The summed E-state index contributed by atoms with van der Waals surface area (Å²) in [4.78, 5) is 0. The van der Waals surface area contributed by atoms with E-state index in [0.717, 1.165) is 25.3 Å². The maximum absolute atomic E-state index is 6.42. The van der Waals surface area contributed by atoms with E-state index in [-0.39, 0.29) is 6.04 Å². The van der Waals surface area contributed by atoms with Crippen LogP contribution in [0.15, 0.2) is 24.3 Å². The lowest BCUT2D eigenvalue weighted by molar-refractivity contribution is 0.404. The van der Waals surface area contributed by atoms with Gasteiger partial charge in [-0.2, -0.15) is 16.9 Å². The van der Waals surface area contributed by atoms with Gasteiger partial charge in [0.05, 0.1) is 11.2 Å². The topological polar surface area (TPSA) is 43.8 Å². The molecule has 1 unspecified atom stereocenters. The third-order valence-electron chi connectivity index (χ3n) is 4.47. The highest BCUT2D eigenvalue weighted by molar-refractivity contribution is 7.99. The molecule has 2 aromatic rings. The highest BCUT2D eigenvalue weighted by atomic mass is 32.2. The van der Waals surface area contributed by atoms with Gasteiger partial charge >= 0.3 is 0 Å². The highest BCUT2D eigenvalue weighted by Crippen LogP contribution is 2.27. The summed E-state index contributed by atoms with van der Waals surface area (Å²) in [5.74, 6) is 3.44. The Morgan fingerprint density at radius 3 is 2.86 bits per heavy atom. The first-order chi connectivity index (χ1) is 10.3. The van der Waals surface area contributed by atoms with Crippen molar-refractivity contribution in [1.82, 2.24) is 9.78 Å². The lowest BCUT2D eigenvalue weighted by atomic mass is 9.92. The van der Waals surface area contributed by atoms with Crippen LogP contribution in [0, 0.1) is 5.92 Å². The Kier molecular flexibility index (Phi) is 4.86. The molecule has 1 aliphatic heterocycles. The van der Waals surface area contributed by atoms with Crippen LogP contribution in [0.1, 0.15) is 31.9 Å². The number of fused-ring (bicyclic) bond motifs is 1. The Hall–Kier alpha value is -1.00. The highest BCUT2D eigenvalue weighted by Gasteiger charge is 2.19. The van der Waals surface area contributed by atoms with Crippen molar-refractivity contribution in [3.05, 3.63) is 30.0 Å². The molecule has 0 bridgehead atoms. The Morgan fingerprint density at radius 2 is 2.10 bits per heavy atom. The Labute approximate surface area is 131 Å². The first-order valence-electron chi connectivity index (χ1n) is 8.05. The minimum atomic E-state index is 0.238. The van der Waals surface area contributed by atoms with Crippen molar-refractivity contribution in [3.63, 3.8) is 0 Å². The number of hydrogen-bond donors (Lipinski definition) is 1. The molecule has 1 atom stereocenters. The molecule has 114 valence electrons. The Balaban J connectivity index is 1.71. The van der Waals surface area contributed by atoms with Crippen LogP contribution < -0.4 is 5.73 Å². The minimum Gasteiger partial charge on any atom is -0.327 e. The SMILES string of the molecule is CCn1nc(CC(N)CC2CCSCC2)c2ccccc21. The summed E-state index contributed by atoms with van der Waals surface area (Å²) in [6, 6.07) is 8.74. The predicted molar refractivity (Wildman–Crippen MR) is 91.8 cm³/mol. The van der Waals surface area contributed by atoms with E-state index in [1.54, 1.807) is 0 Å². The molecule has 0 aliphatic carbocycles. The van der Waals surface area contributed by atoms with E-state index in [0.29, 0.717) is 0 Å². The van der Waals surface area contributed by atoms with Gasteiger partial charge in [0.1, 0.15) is 0 Å². The van der Waals surface area contributed by atoms with Crippen molar-refractivity contribution in [1.29, 1.82) is 0 Å². The van der Waals surface area contributed by atoms with E-state index in [2.05, 4.69) is 47.6 Å². The van der Waals surface area contributed by atoms with E-state index >= 15 is 0 Å². The molecular formula is C17H25N3S. The quantitative estimate of drug-likeness (QED) is 0.920. The zero-order valence-electron chi connectivity index (χ0n) is 12.8. The number of rotatable bonds is 5. The standard InChI is InChI=1S/C17H25N3S/c1-2-20-17-6-4-3-5-15(17)16(19-20)12-14(18)11-13-7-9-21-10-8-13/h3-6,13-14H,2,7-12,18H2,1H3. The molecule has 1 fully saturated rings. The number of nitrogens with zero attached hydrogens (tertiary/aromatic N) is 2. The molecule has 4 heteroatoms. The molecule has 1 aromatic carbocycles.